The Morgan fingerprint density at radius 3 is 2.00 bits per heavy atom. The van der Waals surface area contributed by atoms with Crippen LogP contribution in [0.15, 0.2) is 0 Å². The fourth-order valence-electron chi connectivity index (χ4n) is 1.83. The SMILES string of the molecule is CCCCC[N+](C)(C)CCCC(C)C. The zero-order chi connectivity index (χ0) is 11.0. The van der Waals surface area contributed by atoms with Crippen molar-refractivity contribution in [3.05, 3.63) is 0 Å². The molecule has 0 aromatic rings. The second kappa shape index (κ2) is 7.28. The molecule has 0 heterocycles. The van der Waals surface area contributed by atoms with Crippen LogP contribution in [0.25, 0.3) is 0 Å². The molecule has 0 unspecified atom stereocenters. The summed E-state index contributed by atoms with van der Waals surface area (Å²) in [6, 6.07) is 0. The summed E-state index contributed by atoms with van der Waals surface area (Å²) >= 11 is 0. The van der Waals surface area contributed by atoms with E-state index in [-0.39, 0.29) is 0 Å². The van der Waals surface area contributed by atoms with E-state index in [4.69, 9.17) is 0 Å². The molecule has 0 aliphatic heterocycles. The molecular formula is C13H30N+. The van der Waals surface area contributed by atoms with Gasteiger partial charge in [0, 0.05) is 0 Å². The highest BCUT2D eigenvalue weighted by Gasteiger charge is 2.13. The van der Waals surface area contributed by atoms with Gasteiger partial charge >= 0.3 is 0 Å². The second-order valence-corrected chi connectivity index (χ2v) is 5.63. The number of nitrogens with zero attached hydrogens (tertiary/aromatic N) is 1. The molecule has 0 atom stereocenters. The molecule has 0 amide bonds. The Bertz CT molecular complexity index is 127. The van der Waals surface area contributed by atoms with Crippen molar-refractivity contribution in [3.63, 3.8) is 0 Å². The van der Waals surface area contributed by atoms with Gasteiger partial charge in [-0.05, 0) is 31.6 Å². The van der Waals surface area contributed by atoms with Crippen molar-refractivity contribution in [1.82, 2.24) is 0 Å². The molecule has 0 rings (SSSR count). The van der Waals surface area contributed by atoms with Gasteiger partial charge in [0.1, 0.15) is 0 Å². The Morgan fingerprint density at radius 2 is 1.50 bits per heavy atom. The van der Waals surface area contributed by atoms with Crippen LogP contribution in [0, 0.1) is 5.92 Å². The average molecular weight is 200 g/mol. The molecule has 86 valence electrons. The maximum absolute atomic E-state index is 2.37. The molecule has 0 radical (unpaired) electrons. The zero-order valence-electron chi connectivity index (χ0n) is 11.0. The smallest absolute Gasteiger partial charge is 0.0782 e. The summed E-state index contributed by atoms with van der Waals surface area (Å²) < 4.78 is 1.21. The standard InChI is InChI=1S/C13H30N/c1-6-7-8-11-14(4,5)12-9-10-13(2)3/h13H,6-12H2,1-5H3/q+1. The fraction of sp³-hybridized carbons (Fsp3) is 1.00. The van der Waals surface area contributed by atoms with Gasteiger partial charge in [-0.25, -0.2) is 0 Å². The summed E-state index contributed by atoms with van der Waals surface area (Å²) in [6.45, 7) is 9.61. The number of hydrogen-bond acceptors (Lipinski definition) is 0. The quantitative estimate of drug-likeness (QED) is 0.414. The lowest BCUT2D eigenvalue weighted by Gasteiger charge is -2.30. The van der Waals surface area contributed by atoms with Gasteiger partial charge in [0.15, 0.2) is 0 Å². The van der Waals surface area contributed by atoms with E-state index >= 15 is 0 Å². The third kappa shape index (κ3) is 8.55. The monoisotopic (exact) mass is 200 g/mol. The van der Waals surface area contributed by atoms with Crippen LogP contribution in [0.5, 0.6) is 0 Å². The molecule has 0 bridgehead atoms. The summed E-state index contributed by atoms with van der Waals surface area (Å²) in [6.07, 6.45) is 6.90. The van der Waals surface area contributed by atoms with E-state index < -0.39 is 0 Å². The van der Waals surface area contributed by atoms with Gasteiger partial charge in [-0.2, -0.15) is 0 Å². The predicted octanol–water partition coefficient (Wildman–Crippen LogP) is 3.69. The maximum Gasteiger partial charge on any atom is 0.0782 e. The first kappa shape index (κ1) is 14.0. The predicted molar refractivity (Wildman–Crippen MR) is 65.4 cm³/mol. The van der Waals surface area contributed by atoms with Crippen molar-refractivity contribution in [2.24, 2.45) is 5.92 Å². The molecular weight excluding hydrogens is 170 g/mol. The van der Waals surface area contributed by atoms with Crippen LogP contribution in [0.1, 0.15) is 52.9 Å². The number of hydrogen-bond donors (Lipinski definition) is 0. The van der Waals surface area contributed by atoms with Crippen LogP contribution in [-0.2, 0) is 0 Å². The summed E-state index contributed by atoms with van der Waals surface area (Å²) in [7, 11) is 4.74. The zero-order valence-corrected chi connectivity index (χ0v) is 11.0. The molecule has 0 fully saturated rings. The molecule has 0 aliphatic carbocycles. The Balaban J connectivity index is 3.50. The first-order valence-corrected chi connectivity index (χ1v) is 6.30. The van der Waals surface area contributed by atoms with Crippen molar-refractivity contribution in [2.45, 2.75) is 52.9 Å². The van der Waals surface area contributed by atoms with Gasteiger partial charge in [-0.15, -0.1) is 0 Å². The Hall–Kier alpha value is -0.0400. The molecule has 0 aliphatic rings. The molecule has 0 saturated heterocycles. The van der Waals surface area contributed by atoms with Gasteiger partial charge in [-0.1, -0.05) is 27.2 Å². The Kier molecular flexibility index (Phi) is 7.26. The minimum atomic E-state index is 0.866. The first-order valence-electron chi connectivity index (χ1n) is 6.30. The van der Waals surface area contributed by atoms with Crippen molar-refractivity contribution in [3.8, 4) is 0 Å². The summed E-state index contributed by atoms with van der Waals surface area (Å²) in [4.78, 5) is 0. The Labute approximate surface area is 91.1 Å². The van der Waals surface area contributed by atoms with Crippen LogP contribution in [0.4, 0.5) is 0 Å². The van der Waals surface area contributed by atoms with E-state index in [2.05, 4.69) is 34.9 Å². The molecule has 0 aromatic carbocycles. The number of unbranched alkanes of at least 4 members (excludes halogenated alkanes) is 2. The van der Waals surface area contributed by atoms with Crippen molar-refractivity contribution < 1.29 is 4.48 Å². The largest absolute Gasteiger partial charge is 0.328 e. The van der Waals surface area contributed by atoms with Crippen molar-refractivity contribution in [1.29, 1.82) is 0 Å². The fourth-order valence-corrected chi connectivity index (χ4v) is 1.83. The summed E-state index contributed by atoms with van der Waals surface area (Å²) in [5.41, 5.74) is 0. The molecule has 0 spiro atoms. The lowest BCUT2D eigenvalue weighted by Crippen LogP contribution is -2.41. The van der Waals surface area contributed by atoms with E-state index in [9.17, 15) is 0 Å². The first-order chi connectivity index (χ1) is 6.48. The van der Waals surface area contributed by atoms with E-state index in [0.717, 1.165) is 5.92 Å². The Morgan fingerprint density at radius 1 is 0.929 bits per heavy atom. The van der Waals surface area contributed by atoms with Crippen LogP contribution in [-0.4, -0.2) is 31.7 Å². The van der Waals surface area contributed by atoms with E-state index in [1.807, 2.05) is 0 Å². The number of quaternary nitrogens is 1. The minimum absolute atomic E-state index is 0.866. The molecule has 1 nitrogen and oxygen atoms in total. The van der Waals surface area contributed by atoms with Gasteiger partial charge < -0.3 is 4.48 Å². The normalized spacial score (nSPS) is 12.4. The van der Waals surface area contributed by atoms with Gasteiger partial charge in [0.2, 0.25) is 0 Å². The van der Waals surface area contributed by atoms with Crippen LogP contribution in [0.3, 0.4) is 0 Å². The van der Waals surface area contributed by atoms with Gasteiger partial charge in [0.25, 0.3) is 0 Å². The second-order valence-electron chi connectivity index (χ2n) is 5.63. The molecule has 0 saturated carbocycles. The minimum Gasteiger partial charge on any atom is -0.328 e. The maximum atomic E-state index is 2.37. The highest BCUT2D eigenvalue weighted by atomic mass is 15.3. The highest BCUT2D eigenvalue weighted by molar-refractivity contribution is 4.46. The molecule has 14 heavy (non-hydrogen) atoms. The third-order valence-electron chi connectivity index (χ3n) is 2.91. The molecule has 0 aromatic heterocycles. The molecule has 1 heteroatoms. The third-order valence-corrected chi connectivity index (χ3v) is 2.91. The average Bonchev–Trinajstić information content (AvgIpc) is 2.03. The topological polar surface area (TPSA) is 0 Å². The highest BCUT2D eigenvalue weighted by Crippen LogP contribution is 2.09. The molecule has 0 N–H and O–H groups in total. The van der Waals surface area contributed by atoms with E-state index in [0.29, 0.717) is 0 Å². The van der Waals surface area contributed by atoms with Gasteiger partial charge in [0.05, 0.1) is 27.2 Å². The number of rotatable bonds is 8. The van der Waals surface area contributed by atoms with Crippen LogP contribution in [0.2, 0.25) is 0 Å². The van der Waals surface area contributed by atoms with Gasteiger partial charge in [-0.3, -0.25) is 0 Å². The van der Waals surface area contributed by atoms with Crippen LogP contribution < -0.4 is 0 Å². The summed E-state index contributed by atoms with van der Waals surface area (Å²) in [5, 5.41) is 0. The lowest BCUT2D eigenvalue weighted by molar-refractivity contribution is -0.890. The van der Waals surface area contributed by atoms with Crippen LogP contribution >= 0.6 is 0 Å². The summed E-state index contributed by atoms with van der Waals surface area (Å²) in [5.74, 6) is 0.866. The van der Waals surface area contributed by atoms with E-state index in [1.165, 1.54) is 49.7 Å². The van der Waals surface area contributed by atoms with Crippen molar-refractivity contribution in [2.75, 3.05) is 27.2 Å². The van der Waals surface area contributed by atoms with Crippen molar-refractivity contribution >= 4 is 0 Å². The van der Waals surface area contributed by atoms with E-state index in [1.54, 1.807) is 0 Å². The lowest BCUT2D eigenvalue weighted by atomic mass is 10.1.